The number of amides is 1. The highest BCUT2D eigenvalue weighted by Gasteiger charge is 2.19. The zero-order valence-electron chi connectivity index (χ0n) is 14.0. The third kappa shape index (κ3) is 3.95. The molecule has 1 aromatic rings. The molecule has 0 N–H and O–H groups in total. The summed E-state index contributed by atoms with van der Waals surface area (Å²) in [7, 11) is 4.61. The van der Waals surface area contributed by atoms with Crippen LogP contribution >= 0.6 is 0 Å². The SMILES string of the molecule is COc1cc(C=CC(=O)N2CCN(N=O)CC2)cc(OC)c1OC. The van der Waals surface area contributed by atoms with Gasteiger partial charge in [-0.25, -0.2) is 0 Å². The summed E-state index contributed by atoms with van der Waals surface area (Å²) in [5, 5.41) is 4.29. The Bertz CT molecular complexity index is 599. The van der Waals surface area contributed by atoms with Gasteiger partial charge in [-0.2, -0.15) is 0 Å². The van der Waals surface area contributed by atoms with Crippen molar-refractivity contribution in [1.29, 1.82) is 0 Å². The van der Waals surface area contributed by atoms with Crippen LogP contribution in [-0.4, -0.2) is 63.3 Å². The molecule has 2 rings (SSSR count). The van der Waals surface area contributed by atoms with Crippen molar-refractivity contribution in [2.45, 2.75) is 0 Å². The molecule has 0 aliphatic carbocycles. The fraction of sp³-hybridized carbons (Fsp3) is 0.438. The van der Waals surface area contributed by atoms with Gasteiger partial charge in [-0.05, 0) is 23.8 Å². The van der Waals surface area contributed by atoms with Gasteiger partial charge in [-0.15, -0.1) is 4.91 Å². The van der Waals surface area contributed by atoms with E-state index >= 15 is 0 Å². The normalized spacial score (nSPS) is 14.6. The van der Waals surface area contributed by atoms with Gasteiger partial charge in [0.1, 0.15) is 0 Å². The third-order valence-electron chi connectivity index (χ3n) is 3.79. The van der Waals surface area contributed by atoms with Gasteiger partial charge in [0.05, 0.1) is 39.7 Å². The van der Waals surface area contributed by atoms with E-state index in [0.29, 0.717) is 43.4 Å². The Hall–Kier alpha value is -2.77. The fourth-order valence-electron chi connectivity index (χ4n) is 2.47. The second-order valence-electron chi connectivity index (χ2n) is 5.15. The standard InChI is InChI=1S/C16H21N3O5/c1-22-13-10-12(11-14(23-2)16(13)24-3)4-5-15(20)18-6-8-19(17-21)9-7-18/h4-5,10-11H,6-9H2,1-3H3. The molecular formula is C16H21N3O5. The van der Waals surface area contributed by atoms with E-state index in [9.17, 15) is 9.70 Å². The van der Waals surface area contributed by atoms with Crippen molar-refractivity contribution >= 4 is 12.0 Å². The monoisotopic (exact) mass is 335 g/mol. The molecule has 24 heavy (non-hydrogen) atoms. The summed E-state index contributed by atoms with van der Waals surface area (Å²) >= 11 is 0. The summed E-state index contributed by atoms with van der Waals surface area (Å²) in [6, 6.07) is 3.53. The number of hydrogen-bond donors (Lipinski definition) is 0. The molecule has 1 heterocycles. The smallest absolute Gasteiger partial charge is 0.246 e. The lowest BCUT2D eigenvalue weighted by Gasteiger charge is -2.30. The molecule has 0 saturated carbocycles. The van der Waals surface area contributed by atoms with E-state index < -0.39 is 0 Å². The first-order valence-electron chi connectivity index (χ1n) is 7.48. The number of piperazine rings is 1. The predicted molar refractivity (Wildman–Crippen MR) is 89.1 cm³/mol. The molecule has 1 amide bonds. The van der Waals surface area contributed by atoms with Gasteiger partial charge in [-0.3, -0.25) is 9.80 Å². The molecule has 1 aliphatic rings. The molecule has 130 valence electrons. The van der Waals surface area contributed by atoms with Crippen LogP contribution < -0.4 is 14.2 Å². The first kappa shape index (κ1) is 17.6. The zero-order chi connectivity index (χ0) is 17.5. The molecule has 0 radical (unpaired) electrons. The van der Waals surface area contributed by atoms with E-state index in [1.807, 2.05) is 0 Å². The van der Waals surface area contributed by atoms with Crippen LogP contribution in [0.4, 0.5) is 0 Å². The van der Waals surface area contributed by atoms with E-state index in [2.05, 4.69) is 5.29 Å². The Morgan fingerprint density at radius 2 is 1.62 bits per heavy atom. The van der Waals surface area contributed by atoms with E-state index in [0.717, 1.165) is 5.56 Å². The van der Waals surface area contributed by atoms with Crippen LogP contribution in [0.1, 0.15) is 5.56 Å². The minimum atomic E-state index is -0.116. The van der Waals surface area contributed by atoms with Crippen LogP contribution in [0.5, 0.6) is 17.2 Å². The summed E-state index contributed by atoms with van der Waals surface area (Å²) in [5.41, 5.74) is 0.756. The summed E-state index contributed by atoms with van der Waals surface area (Å²) < 4.78 is 15.8. The number of benzene rings is 1. The van der Waals surface area contributed by atoms with Gasteiger partial charge < -0.3 is 19.1 Å². The molecule has 0 atom stereocenters. The van der Waals surface area contributed by atoms with Crippen LogP contribution in [0.15, 0.2) is 23.5 Å². The zero-order valence-corrected chi connectivity index (χ0v) is 14.0. The highest BCUT2D eigenvalue weighted by Crippen LogP contribution is 2.38. The lowest BCUT2D eigenvalue weighted by atomic mass is 10.1. The maximum absolute atomic E-state index is 12.2. The Morgan fingerprint density at radius 3 is 2.08 bits per heavy atom. The Balaban J connectivity index is 2.11. The van der Waals surface area contributed by atoms with E-state index in [4.69, 9.17) is 14.2 Å². The van der Waals surface area contributed by atoms with Crippen molar-refractivity contribution in [3.63, 3.8) is 0 Å². The minimum absolute atomic E-state index is 0.116. The molecule has 1 fully saturated rings. The van der Waals surface area contributed by atoms with Gasteiger partial charge in [-0.1, -0.05) is 0 Å². The molecular weight excluding hydrogens is 314 g/mol. The lowest BCUT2D eigenvalue weighted by molar-refractivity contribution is -0.127. The predicted octanol–water partition coefficient (Wildman–Crippen LogP) is 1.55. The van der Waals surface area contributed by atoms with Crippen LogP contribution in [-0.2, 0) is 4.79 Å². The number of carbonyl (C=O) groups excluding carboxylic acids is 1. The maximum Gasteiger partial charge on any atom is 0.246 e. The Morgan fingerprint density at radius 1 is 1.04 bits per heavy atom. The molecule has 0 unspecified atom stereocenters. The molecule has 8 heteroatoms. The number of methoxy groups -OCH3 is 3. The Kier molecular flexibility index (Phi) is 6.00. The van der Waals surface area contributed by atoms with Gasteiger partial charge in [0.15, 0.2) is 11.5 Å². The molecule has 8 nitrogen and oxygen atoms in total. The second kappa shape index (κ2) is 8.19. The molecule has 1 aliphatic heterocycles. The molecule has 0 aromatic heterocycles. The molecule has 1 aromatic carbocycles. The van der Waals surface area contributed by atoms with Crippen molar-refractivity contribution in [1.82, 2.24) is 9.91 Å². The number of hydrogen-bond acceptors (Lipinski definition) is 6. The third-order valence-corrected chi connectivity index (χ3v) is 3.79. The first-order chi connectivity index (χ1) is 11.6. The fourth-order valence-corrected chi connectivity index (χ4v) is 2.47. The summed E-state index contributed by atoms with van der Waals surface area (Å²) in [4.78, 5) is 24.3. The van der Waals surface area contributed by atoms with Crippen LogP contribution in [0.2, 0.25) is 0 Å². The van der Waals surface area contributed by atoms with Gasteiger partial charge >= 0.3 is 0 Å². The number of rotatable bonds is 6. The van der Waals surface area contributed by atoms with E-state index in [-0.39, 0.29) is 5.91 Å². The maximum atomic E-state index is 12.2. The largest absolute Gasteiger partial charge is 0.493 e. The molecule has 1 saturated heterocycles. The number of carbonyl (C=O) groups is 1. The van der Waals surface area contributed by atoms with Crippen molar-refractivity contribution in [2.24, 2.45) is 5.29 Å². The highest BCUT2D eigenvalue weighted by molar-refractivity contribution is 5.92. The van der Waals surface area contributed by atoms with E-state index in [1.54, 1.807) is 23.1 Å². The summed E-state index contributed by atoms with van der Waals surface area (Å²) in [5.74, 6) is 1.43. The molecule has 0 spiro atoms. The van der Waals surface area contributed by atoms with Crippen LogP contribution in [0.25, 0.3) is 6.08 Å². The summed E-state index contributed by atoms with van der Waals surface area (Å²) in [6.45, 7) is 1.86. The Labute approximate surface area is 140 Å². The van der Waals surface area contributed by atoms with Crippen molar-refractivity contribution in [2.75, 3.05) is 47.5 Å². The minimum Gasteiger partial charge on any atom is -0.493 e. The topological polar surface area (TPSA) is 80.7 Å². The quantitative estimate of drug-likeness (QED) is 0.580. The first-order valence-corrected chi connectivity index (χ1v) is 7.48. The number of nitrogens with zero attached hydrogens (tertiary/aromatic N) is 3. The number of ether oxygens (including phenoxy) is 3. The molecule has 0 bridgehead atoms. The van der Waals surface area contributed by atoms with Crippen molar-refractivity contribution in [3.05, 3.63) is 28.7 Å². The van der Waals surface area contributed by atoms with Gasteiger partial charge in [0, 0.05) is 19.2 Å². The van der Waals surface area contributed by atoms with E-state index in [1.165, 1.54) is 32.4 Å². The van der Waals surface area contributed by atoms with Gasteiger partial charge in [0.25, 0.3) is 0 Å². The van der Waals surface area contributed by atoms with Crippen molar-refractivity contribution < 1.29 is 19.0 Å². The summed E-state index contributed by atoms with van der Waals surface area (Å²) in [6.07, 6.45) is 3.18. The average Bonchev–Trinajstić information content (AvgIpc) is 2.65. The van der Waals surface area contributed by atoms with Crippen LogP contribution in [0.3, 0.4) is 0 Å². The highest BCUT2D eigenvalue weighted by atomic mass is 16.5. The number of nitroso groups, excluding NO2 is 1. The average molecular weight is 335 g/mol. The van der Waals surface area contributed by atoms with Gasteiger partial charge in [0.2, 0.25) is 11.7 Å². The lowest BCUT2D eigenvalue weighted by Crippen LogP contribution is -2.46. The van der Waals surface area contributed by atoms with Crippen molar-refractivity contribution in [3.8, 4) is 17.2 Å². The van der Waals surface area contributed by atoms with Crippen LogP contribution in [0, 0.1) is 4.91 Å². The second-order valence-corrected chi connectivity index (χ2v) is 5.15.